The number of ether oxygens (including phenoxy) is 1. The second-order valence-corrected chi connectivity index (χ2v) is 6.07. The molecule has 4 nitrogen and oxygen atoms in total. The minimum atomic E-state index is -0.200. The Labute approximate surface area is 128 Å². The Balaban J connectivity index is 1.79. The molecule has 0 spiro atoms. The number of carbonyl (C=O) groups excluding carboxylic acids is 1. The monoisotopic (exact) mass is 296 g/mol. The van der Waals surface area contributed by atoms with Crippen molar-refractivity contribution in [2.75, 3.05) is 0 Å². The molecule has 1 aliphatic heterocycles. The number of phenols is 2. The van der Waals surface area contributed by atoms with Gasteiger partial charge in [0.2, 0.25) is 0 Å². The Hall–Kier alpha value is -2.49. The van der Waals surface area contributed by atoms with Crippen molar-refractivity contribution in [3.63, 3.8) is 0 Å². The molecule has 22 heavy (non-hydrogen) atoms. The minimum Gasteiger partial charge on any atom is -0.508 e. The summed E-state index contributed by atoms with van der Waals surface area (Å²) in [6.45, 7) is 0. The van der Waals surface area contributed by atoms with Crippen molar-refractivity contribution in [3.8, 4) is 17.2 Å². The van der Waals surface area contributed by atoms with E-state index in [2.05, 4.69) is 0 Å². The van der Waals surface area contributed by atoms with Crippen LogP contribution >= 0.6 is 0 Å². The highest BCUT2D eigenvalue weighted by Gasteiger charge is 2.45. The minimum absolute atomic E-state index is 0.0753. The van der Waals surface area contributed by atoms with Crippen molar-refractivity contribution in [1.29, 1.82) is 0 Å². The van der Waals surface area contributed by atoms with Crippen molar-refractivity contribution in [3.05, 3.63) is 53.6 Å². The Morgan fingerprint density at radius 1 is 0.955 bits per heavy atom. The van der Waals surface area contributed by atoms with Gasteiger partial charge >= 0.3 is 0 Å². The number of rotatable bonds is 1. The number of aromatic hydroxyl groups is 2. The number of ketones is 1. The molecule has 3 atom stereocenters. The van der Waals surface area contributed by atoms with Crippen LogP contribution in [-0.2, 0) is 4.79 Å². The topological polar surface area (TPSA) is 66.8 Å². The van der Waals surface area contributed by atoms with Gasteiger partial charge in [-0.3, -0.25) is 4.79 Å². The summed E-state index contributed by atoms with van der Waals surface area (Å²) in [7, 11) is 0. The zero-order valence-corrected chi connectivity index (χ0v) is 11.9. The maximum absolute atomic E-state index is 12.0. The lowest BCUT2D eigenvalue weighted by Gasteiger charge is -2.36. The van der Waals surface area contributed by atoms with Gasteiger partial charge in [-0.2, -0.15) is 0 Å². The first kappa shape index (κ1) is 13.2. The number of phenolic OH excluding ortho intramolecular Hbond substituents is 2. The molecule has 0 bridgehead atoms. The van der Waals surface area contributed by atoms with Gasteiger partial charge in [-0.05, 0) is 35.9 Å². The molecule has 2 N–H and O–H groups in total. The molecule has 4 heteroatoms. The lowest BCUT2D eigenvalue weighted by Crippen LogP contribution is -2.26. The maximum atomic E-state index is 12.0. The zero-order chi connectivity index (χ0) is 15.3. The van der Waals surface area contributed by atoms with Crippen molar-refractivity contribution in [2.24, 2.45) is 5.92 Å². The molecule has 0 aromatic heterocycles. The Bertz CT molecular complexity index is 735. The van der Waals surface area contributed by atoms with Gasteiger partial charge in [0.05, 0.1) is 0 Å². The molecule has 1 heterocycles. The number of Topliss-reactive ketones (excluding diaryl/α,β-unsaturated/α-hetero) is 1. The van der Waals surface area contributed by atoms with E-state index >= 15 is 0 Å². The maximum Gasteiger partial charge on any atom is 0.133 e. The van der Waals surface area contributed by atoms with Gasteiger partial charge in [-0.15, -0.1) is 0 Å². The van der Waals surface area contributed by atoms with E-state index in [1.807, 2.05) is 12.1 Å². The molecule has 4 rings (SSSR count). The van der Waals surface area contributed by atoms with E-state index in [0.29, 0.717) is 12.8 Å². The van der Waals surface area contributed by atoms with Crippen LogP contribution in [0, 0.1) is 5.92 Å². The van der Waals surface area contributed by atoms with Gasteiger partial charge < -0.3 is 14.9 Å². The van der Waals surface area contributed by atoms with Crippen LogP contribution in [0.2, 0.25) is 0 Å². The second kappa shape index (κ2) is 4.77. The van der Waals surface area contributed by atoms with Gasteiger partial charge in [0.25, 0.3) is 0 Å². The second-order valence-electron chi connectivity index (χ2n) is 6.07. The third-order valence-electron chi connectivity index (χ3n) is 4.69. The summed E-state index contributed by atoms with van der Waals surface area (Å²) in [5.74, 6) is 1.53. The van der Waals surface area contributed by atoms with Crippen molar-refractivity contribution in [2.45, 2.75) is 24.9 Å². The Kier molecular flexibility index (Phi) is 2.86. The zero-order valence-electron chi connectivity index (χ0n) is 11.9. The van der Waals surface area contributed by atoms with Crippen molar-refractivity contribution >= 4 is 5.78 Å². The summed E-state index contributed by atoms with van der Waals surface area (Å²) < 4.78 is 6.13. The normalized spacial score (nSPS) is 26.2. The van der Waals surface area contributed by atoms with Gasteiger partial charge in [0, 0.05) is 30.2 Å². The molecular weight excluding hydrogens is 280 g/mol. The van der Waals surface area contributed by atoms with Crippen LogP contribution in [0.1, 0.15) is 36.0 Å². The number of carbonyl (C=O) groups is 1. The standard InChI is InChI=1S/C18H16O4/c19-11-3-1-10(2-4-11)18-16-9-13(21)8-14(16)15-7-12(20)5-6-17(15)22-18/h1-7,14,16,18-20H,8-9H2/t14-,16?,18?/m0/s1. The van der Waals surface area contributed by atoms with Crippen LogP contribution in [0.4, 0.5) is 0 Å². The Morgan fingerprint density at radius 2 is 1.68 bits per heavy atom. The molecular formula is C18H16O4. The van der Waals surface area contributed by atoms with Gasteiger partial charge in [0.15, 0.2) is 0 Å². The first-order valence-corrected chi connectivity index (χ1v) is 7.42. The molecule has 0 amide bonds. The molecule has 112 valence electrons. The summed E-state index contributed by atoms with van der Waals surface area (Å²) in [5.41, 5.74) is 1.88. The van der Waals surface area contributed by atoms with Crippen molar-refractivity contribution < 1.29 is 19.7 Å². The highest BCUT2D eigenvalue weighted by molar-refractivity contribution is 5.83. The van der Waals surface area contributed by atoms with Crippen LogP contribution < -0.4 is 4.74 Å². The quantitative estimate of drug-likeness (QED) is 0.847. The largest absolute Gasteiger partial charge is 0.508 e. The van der Waals surface area contributed by atoms with Crippen LogP contribution in [0.25, 0.3) is 0 Å². The fraction of sp³-hybridized carbons (Fsp3) is 0.278. The molecule has 0 saturated heterocycles. The first-order chi connectivity index (χ1) is 10.6. The van der Waals surface area contributed by atoms with Crippen molar-refractivity contribution in [1.82, 2.24) is 0 Å². The molecule has 1 fully saturated rings. The molecule has 0 radical (unpaired) electrons. The first-order valence-electron chi connectivity index (χ1n) is 7.42. The molecule has 1 saturated carbocycles. The van der Waals surface area contributed by atoms with Crippen LogP contribution in [0.3, 0.4) is 0 Å². The fourth-order valence-electron chi connectivity index (χ4n) is 3.68. The SMILES string of the molecule is O=C1CC2C(c3ccc(O)cc3)Oc3ccc(O)cc3[C@@H]2C1. The van der Waals surface area contributed by atoms with E-state index in [9.17, 15) is 15.0 Å². The third kappa shape index (κ3) is 2.03. The fourth-order valence-corrected chi connectivity index (χ4v) is 3.68. The predicted molar refractivity (Wildman–Crippen MR) is 80.1 cm³/mol. The summed E-state index contributed by atoms with van der Waals surface area (Å²) in [5, 5.41) is 19.2. The van der Waals surface area contributed by atoms with Crippen LogP contribution in [0.15, 0.2) is 42.5 Å². The summed E-state index contributed by atoms with van der Waals surface area (Å²) >= 11 is 0. The average Bonchev–Trinajstić information content (AvgIpc) is 2.89. The smallest absolute Gasteiger partial charge is 0.133 e. The number of benzene rings is 2. The average molecular weight is 296 g/mol. The lowest BCUT2D eigenvalue weighted by molar-refractivity contribution is -0.117. The van der Waals surface area contributed by atoms with Crippen LogP contribution in [0.5, 0.6) is 17.2 Å². The lowest BCUT2D eigenvalue weighted by atomic mass is 9.80. The highest BCUT2D eigenvalue weighted by Crippen LogP contribution is 2.53. The van der Waals surface area contributed by atoms with Gasteiger partial charge in [-0.1, -0.05) is 12.1 Å². The van der Waals surface area contributed by atoms with E-state index in [4.69, 9.17) is 4.74 Å². The molecule has 2 aromatic carbocycles. The number of fused-ring (bicyclic) bond motifs is 3. The number of hydrogen-bond acceptors (Lipinski definition) is 4. The van der Waals surface area contributed by atoms with E-state index in [1.54, 1.807) is 30.3 Å². The molecule has 2 aromatic rings. The summed E-state index contributed by atoms with van der Waals surface area (Å²) in [6.07, 6.45) is 0.791. The van der Waals surface area contributed by atoms with Crippen LogP contribution in [-0.4, -0.2) is 16.0 Å². The van der Waals surface area contributed by atoms with E-state index < -0.39 is 0 Å². The number of hydrogen-bond donors (Lipinski definition) is 2. The summed E-state index contributed by atoms with van der Waals surface area (Å²) in [6, 6.07) is 12.0. The van der Waals surface area contributed by atoms with Gasteiger partial charge in [0.1, 0.15) is 29.1 Å². The summed E-state index contributed by atoms with van der Waals surface area (Å²) in [4.78, 5) is 12.0. The molecule has 1 aliphatic carbocycles. The highest BCUT2D eigenvalue weighted by atomic mass is 16.5. The molecule has 2 unspecified atom stereocenters. The Morgan fingerprint density at radius 3 is 2.45 bits per heavy atom. The van der Waals surface area contributed by atoms with Gasteiger partial charge in [-0.25, -0.2) is 0 Å². The third-order valence-corrected chi connectivity index (χ3v) is 4.69. The predicted octanol–water partition coefficient (Wildman–Crippen LogP) is 3.29. The molecule has 2 aliphatic rings. The van der Waals surface area contributed by atoms with E-state index in [1.165, 1.54) is 0 Å². The van der Waals surface area contributed by atoms with E-state index in [-0.39, 0.29) is 35.2 Å². The van der Waals surface area contributed by atoms with E-state index in [0.717, 1.165) is 16.9 Å².